The van der Waals surface area contributed by atoms with Gasteiger partial charge in [0.2, 0.25) is 0 Å². The lowest BCUT2D eigenvalue weighted by molar-refractivity contribution is -0.153. The fourth-order valence-electron chi connectivity index (χ4n) is 6.20. The van der Waals surface area contributed by atoms with E-state index in [4.69, 9.17) is 18.5 Å². The monoisotopic (exact) mass is 803 g/mol. The average molecular weight is 803 g/mol. The molecular formula is C44H83O10P. The summed E-state index contributed by atoms with van der Waals surface area (Å²) in [6.45, 7) is 2.20. The van der Waals surface area contributed by atoms with Crippen molar-refractivity contribution in [3.63, 3.8) is 0 Å². The number of carbonyl (C=O) groups excluding carboxylic acids is 2. The first-order valence-corrected chi connectivity index (χ1v) is 23.8. The number of aliphatic hydroxyl groups excluding tert-OH is 2. The smallest absolute Gasteiger partial charge is 0.457 e. The molecule has 3 N–H and O–H groups in total. The second-order valence-corrected chi connectivity index (χ2v) is 16.5. The molecule has 0 bridgehead atoms. The van der Waals surface area contributed by atoms with Gasteiger partial charge in [-0.05, 0) is 44.9 Å². The molecule has 0 aliphatic carbocycles. The summed E-state index contributed by atoms with van der Waals surface area (Å²) in [5, 5.41) is 19.2. The van der Waals surface area contributed by atoms with Crippen LogP contribution in [-0.2, 0) is 32.7 Å². The number of hydrogen-bond donors (Lipinski definition) is 3. The van der Waals surface area contributed by atoms with Gasteiger partial charge in [-0.1, -0.05) is 173 Å². The second kappa shape index (κ2) is 40.6. The standard InChI is InChI=1S/C44H83O10P/c1-3-5-7-9-11-13-15-17-19-21-23-25-27-29-31-33-35-43(47)53-41(37-45)39-51-55(49,50)52-40-42(38-46)54-44(48)36-34-32-30-28-26-24-22-20-18-16-14-12-10-8-6-4-2/h13,15,19,21,41-42,45-46H,3-12,14,16-18,20,22-40H2,1-2H3,(H,49,50)/b15-13-,21-19-. The largest absolute Gasteiger partial charge is 0.472 e. The molecule has 0 rings (SSSR count). The van der Waals surface area contributed by atoms with Gasteiger partial charge in [-0.15, -0.1) is 0 Å². The van der Waals surface area contributed by atoms with Crippen LogP contribution in [0.25, 0.3) is 0 Å². The zero-order valence-electron chi connectivity index (χ0n) is 35.2. The number of hydrogen-bond acceptors (Lipinski definition) is 9. The molecule has 0 aromatic carbocycles. The SMILES string of the molecule is CCCCCC/C=C\C/C=C\CCCCCCCC(=O)OC(CO)COP(=O)(O)OCC(CO)OC(=O)CCCCCCCCCCCCCCCCCC. The van der Waals surface area contributed by atoms with Gasteiger partial charge < -0.3 is 24.6 Å². The Hall–Kier alpha value is -1.55. The second-order valence-electron chi connectivity index (χ2n) is 15.0. The molecule has 3 atom stereocenters. The number of phosphoric acid groups is 1. The summed E-state index contributed by atoms with van der Waals surface area (Å²) in [5.74, 6) is -1.03. The molecule has 0 aliphatic heterocycles. The van der Waals surface area contributed by atoms with Crippen molar-refractivity contribution in [3.05, 3.63) is 24.3 Å². The maximum atomic E-state index is 12.4. The molecule has 0 aliphatic rings. The highest BCUT2D eigenvalue weighted by molar-refractivity contribution is 7.47. The van der Waals surface area contributed by atoms with Crippen molar-refractivity contribution in [3.8, 4) is 0 Å². The van der Waals surface area contributed by atoms with Crippen LogP contribution in [0.5, 0.6) is 0 Å². The summed E-state index contributed by atoms with van der Waals surface area (Å²) in [6, 6.07) is 0. The van der Waals surface area contributed by atoms with Crippen LogP contribution in [0.2, 0.25) is 0 Å². The lowest BCUT2D eigenvalue weighted by Crippen LogP contribution is -2.28. The third-order valence-corrected chi connectivity index (χ3v) is 10.6. The lowest BCUT2D eigenvalue weighted by atomic mass is 10.0. The third-order valence-electron chi connectivity index (χ3n) is 9.67. The van der Waals surface area contributed by atoms with Crippen molar-refractivity contribution in [2.45, 2.75) is 219 Å². The van der Waals surface area contributed by atoms with Crippen LogP contribution in [0, 0.1) is 0 Å². The molecule has 0 heterocycles. The van der Waals surface area contributed by atoms with Crippen LogP contribution in [0.3, 0.4) is 0 Å². The van der Waals surface area contributed by atoms with Crippen LogP contribution >= 0.6 is 7.82 Å². The van der Waals surface area contributed by atoms with E-state index in [1.807, 2.05) is 0 Å². The van der Waals surface area contributed by atoms with E-state index < -0.39 is 58.4 Å². The van der Waals surface area contributed by atoms with Crippen LogP contribution in [0.15, 0.2) is 24.3 Å². The molecule has 0 aromatic rings. The van der Waals surface area contributed by atoms with E-state index in [0.29, 0.717) is 12.8 Å². The molecule has 0 amide bonds. The Labute approximate surface area is 336 Å². The summed E-state index contributed by atoms with van der Waals surface area (Å²) >= 11 is 0. The third kappa shape index (κ3) is 39.1. The van der Waals surface area contributed by atoms with E-state index >= 15 is 0 Å². The number of rotatable bonds is 42. The summed E-state index contributed by atoms with van der Waals surface area (Å²) in [5.41, 5.74) is 0. The van der Waals surface area contributed by atoms with Gasteiger partial charge in [0.1, 0.15) is 12.2 Å². The summed E-state index contributed by atoms with van der Waals surface area (Å²) < 4.78 is 32.6. The maximum Gasteiger partial charge on any atom is 0.472 e. The normalized spacial score (nSPS) is 14.1. The number of carbonyl (C=O) groups is 2. The zero-order valence-corrected chi connectivity index (χ0v) is 36.0. The molecular weight excluding hydrogens is 719 g/mol. The van der Waals surface area contributed by atoms with E-state index in [0.717, 1.165) is 57.8 Å². The predicted molar refractivity (Wildman–Crippen MR) is 224 cm³/mol. The van der Waals surface area contributed by atoms with Gasteiger partial charge in [-0.2, -0.15) is 0 Å². The first kappa shape index (κ1) is 53.5. The molecule has 0 radical (unpaired) electrons. The van der Waals surface area contributed by atoms with Gasteiger partial charge in [-0.25, -0.2) is 4.57 Å². The molecule has 0 spiro atoms. The molecule has 0 aromatic heterocycles. The Morgan fingerprint density at radius 1 is 0.491 bits per heavy atom. The van der Waals surface area contributed by atoms with E-state index in [-0.39, 0.29) is 12.8 Å². The van der Waals surface area contributed by atoms with Crippen molar-refractivity contribution >= 4 is 19.8 Å². The van der Waals surface area contributed by atoms with Gasteiger partial charge in [0.25, 0.3) is 0 Å². The zero-order chi connectivity index (χ0) is 40.5. The number of unbranched alkanes of at least 4 members (excludes halogenated alkanes) is 24. The van der Waals surface area contributed by atoms with E-state index in [1.54, 1.807) is 0 Å². The van der Waals surface area contributed by atoms with Crippen molar-refractivity contribution in [2.75, 3.05) is 26.4 Å². The van der Waals surface area contributed by atoms with Crippen molar-refractivity contribution < 1.29 is 47.8 Å². The van der Waals surface area contributed by atoms with E-state index in [9.17, 15) is 29.3 Å². The fraction of sp³-hybridized carbons (Fsp3) is 0.864. The summed E-state index contributed by atoms with van der Waals surface area (Å²) in [4.78, 5) is 34.5. The number of aliphatic hydroxyl groups is 2. The van der Waals surface area contributed by atoms with Crippen molar-refractivity contribution in [2.24, 2.45) is 0 Å². The molecule has 0 saturated carbocycles. The van der Waals surface area contributed by atoms with Gasteiger partial charge in [0.05, 0.1) is 26.4 Å². The average Bonchev–Trinajstić information content (AvgIpc) is 3.17. The number of esters is 2. The molecule has 324 valence electrons. The lowest BCUT2D eigenvalue weighted by Gasteiger charge is -2.20. The highest BCUT2D eigenvalue weighted by atomic mass is 31.2. The topological polar surface area (TPSA) is 149 Å². The molecule has 0 fully saturated rings. The Bertz CT molecular complexity index is 972. The highest BCUT2D eigenvalue weighted by Crippen LogP contribution is 2.43. The quantitative estimate of drug-likeness (QED) is 0.0236. The molecule has 3 unspecified atom stereocenters. The number of phosphoric ester groups is 1. The molecule has 0 saturated heterocycles. The van der Waals surface area contributed by atoms with Crippen molar-refractivity contribution in [1.82, 2.24) is 0 Å². The molecule has 10 nitrogen and oxygen atoms in total. The maximum absolute atomic E-state index is 12.4. The minimum Gasteiger partial charge on any atom is -0.457 e. The number of ether oxygens (including phenoxy) is 2. The minimum absolute atomic E-state index is 0.178. The Morgan fingerprint density at radius 3 is 1.15 bits per heavy atom. The molecule has 11 heteroatoms. The van der Waals surface area contributed by atoms with Crippen LogP contribution in [-0.4, -0.2) is 65.7 Å². The fourth-order valence-corrected chi connectivity index (χ4v) is 6.99. The highest BCUT2D eigenvalue weighted by Gasteiger charge is 2.27. The van der Waals surface area contributed by atoms with Crippen LogP contribution in [0.1, 0.15) is 206 Å². The Morgan fingerprint density at radius 2 is 0.800 bits per heavy atom. The first-order valence-electron chi connectivity index (χ1n) is 22.3. The van der Waals surface area contributed by atoms with Crippen LogP contribution in [0.4, 0.5) is 0 Å². The number of allylic oxidation sites excluding steroid dienone is 4. The van der Waals surface area contributed by atoms with Crippen LogP contribution < -0.4 is 0 Å². The van der Waals surface area contributed by atoms with Gasteiger partial charge >= 0.3 is 19.8 Å². The first-order chi connectivity index (χ1) is 26.8. The Kier molecular flexibility index (Phi) is 39.5. The minimum atomic E-state index is -4.64. The van der Waals surface area contributed by atoms with E-state index in [2.05, 4.69) is 38.2 Å². The van der Waals surface area contributed by atoms with Crippen molar-refractivity contribution in [1.29, 1.82) is 0 Å². The van der Waals surface area contributed by atoms with E-state index in [1.165, 1.54) is 109 Å². The van der Waals surface area contributed by atoms with Gasteiger partial charge in [0.15, 0.2) is 0 Å². The Balaban J connectivity index is 3.91. The summed E-state index contributed by atoms with van der Waals surface area (Å²) in [6.07, 6.45) is 40.0. The predicted octanol–water partition coefficient (Wildman–Crippen LogP) is 11.8. The van der Waals surface area contributed by atoms with Gasteiger partial charge in [-0.3, -0.25) is 18.6 Å². The molecule has 55 heavy (non-hydrogen) atoms. The van der Waals surface area contributed by atoms with Gasteiger partial charge in [0, 0.05) is 12.8 Å². The summed E-state index contributed by atoms with van der Waals surface area (Å²) in [7, 11) is -4.64.